The molecular weight excluding hydrogens is 981 g/mol. The third-order valence-electron chi connectivity index (χ3n) is 10.4. The van der Waals surface area contributed by atoms with Gasteiger partial charge in [-0.15, -0.1) is 0 Å². The van der Waals surface area contributed by atoms with Gasteiger partial charge < -0.3 is 0 Å². The highest BCUT2D eigenvalue weighted by Gasteiger charge is 2.29. The van der Waals surface area contributed by atoms with E-state index < -0.39 is 22.2 Å². The molecule has 0 saturated heterocycles. The molecule has 2 heterocycles. The second-order valence-corrected chi connectivity index (χ2v) is 24.4. The molecule has 0 aliphatic carbocycles. The minimum atomic E-state index is -0.449. The zero-order valence-corrected chi connectivity index (χ0v) is 48.9. The van der Waals surface area contributed by atoms with Crippen molar-refractivity contribution in [2.45, 2.75) is 225 Å². The molecule has 3 rings (SSSR count). The number of rotatable bonds is 9. The van der Waals surface area contributed by atoms with Crippen LogP contribution in [0.4, 0.5) is 0 Å². The van der Waals surface area contributed by atoms with Crippen LogP contribution in [-0.4, -0.2) is 67.8 Å². The summed E-state index contributed by atoms with van der Waals surface area (Å²) in [6, 6.07) is 13.3. The van der Waals surface area contributed by atoms with E-state index in [2.05, 4.69) is 9.97 Å². The highest BCUT2D eigenvalue weighted by Crippen LogP contribution is 2.24. The van der Waals surface area contributed by atoms with Gasteiger partial charge >= 0.3 is 0 Å². The van der Waals surface area contributed by atoms with Gasteiger partial charge in [-0.05, 0) is 58.9 Å². The van der Waals surface area contributed by atoms with E-state index in [0.29, 0.717) is 39.4 Å². The number of benzene rings is 1. The Kier molecular flexibility index (Phi) is 44.6. The zero-order chi connectivity index (χ0) is 57.9. The first-order chi connectivity index (χ1) is 32.0. The fourth-order valence-corrected chi connectivity index (χ4v) is 5.28. The third-order valence-corrected chi connectivity index (χ3v) is 10.4. The predicted octanol–water partition coefficient (Wildman–Crippen LogP) is 17.7. The number of hydrogen-bond donors (Lipinski definition) is 0. The van der Waals surface area contributed by atoms with Crippen molar-refractivity contribution >= 4 is 57.8 Å². The highest BCUT2D eigenvalue weighted by atomic mass is 16.2. The predicted molar refractivity (Wildman–Crippen MR) is 330 cm³/mol. The molecule has 12 heteroatoms. The average molecular weight is 1100 g/mol. The van der Waals surface area contributed by atoms with E-state index in [-0.39, 0.29) is 119 Å². The smallest absolute Gasteiger partial charge is 0.186 e. The van der Waals surface area contributed by atoms with Crippen LogP contribution in [0.15, 0.2) is 60.9 Å². The molecule has 12 nitrogen and oxygen atoms in total. The van der Waals surface area contributed by atoms with Crippen LogP contribution in [-0.2, 0) is 19.2 Å². The van der Waals surface area contributed by atoms with Crippen molar-refractivity contribution in [3.63, 3.8) is 0 Å². The van der Waals surface area contributed by atoms with E-state index >= 15 is 0 Å². The summed E-state index contributed by atoms with van der Waals surface area (Å²) in [7, 11) is 0. The minimum Gasteiger partial charge on any atom is -0.299 e. The lowest BCUT2D eigenvalue weighted by molar-refractivity contribution is -0.136. The van der Waals surface area contributed by atoms with Crippen LogP contribution < -0.4 is 0 Å². The summed E-state index contributed by atoms with van der Waals surface area (Å²) in [6.07, 6.45) is 2.91. The minimum absolute atomic E-state index is 0. The van der Waals surface area contributed by atoms with Crippen molar-refractivity contribution in [1.29, 1.82) is 0 Å². The van der Waals surface area contributed by atoms with Gasteiger partial charge in [0.2, 0.25) is 0 Å². The van der Waals surface area contributed by atoms with Gasteiger partial charge in [0.25, 0.3) is 0 Å². The molecule has 0 fully saturated rings. The van der Waals surface area contributed by atoms with Crippen LogP contribution >= 0.6 is 0 Å². The molecule has 0 N–H and O–H groups in total. The van der Waals surface area contributed by atoms with Gasteiger partial charge in [0.1, 0.15) is 34.5 Å². The fraction of sp³-hybridized carbons (Fsp3) is 0.606. The maximum atomic E-state index is 11.9. The lowest BCUT2D eigenvalue weighted by Gasteiger charge is -2.19. The summed E-state index contributed by atoms with van der Waals surface area (Å²) >= 11 is 0. The van der Waals surface area contributed by atoms with Gasteiger partial charge in [0.05, 0.1) is 5.92 Å². The van der Waals surface area contributed by atoms with E-state index in [0.717, 1.165) is 0 Å². The standard InChI is InChI=1S/C13H16O2.2C12H15NO2.C9H16O2.C8H16O.C6H12O.6CH4/c1-9(14)10-5-7-11(8-6-10)12(15)13(2,3)4;1-8(14)10-6-5-9(7-13-10)11(15)12(2,3)4;1-8(14)9-5-6-10(13-7-9)11(15)12(2,3)4;1-6(7(2)10)8(11)9(3,4)5;1-6(2)7(9)8(3,4)5;1-5(7)6(2,3)4;;;;;;/h5-8H,1-4H3;2*5-7H,1-4H3;6H,1-5H3;6H,1-5H3;1-4H3;6*1H4. The normalized spacial score (nSPS) is 10.9. The Morgan fingerprint density at radius 3 is 0.821 bits per heavy atom. The summed E-state index contributed by atoms with van der Waals surface area (Å²) in [6.45, 7) is 46.9. The lowest BCUT2D eigenvalue weighted by Crippen LogP contribution is -2.30. The van der Waals surface area contributed by atoms with Crippen molar-refractivity contribution in [3.8, 4) is 0 Å². The first-order valence-corrected chi connectivity index (χ1v) is 24.3. The Bertz CT molecular complexity index is 2140. The van der Waals surface area contributed by atoms with Crippen molar-refractivity contribution in [1.82, 2.24) is 9.97 Å². The van der Waals surface area contributed by atoms with Crippen molar-refractivity contribution < 1.29 is 47.9 Å². The maximum Gasteiger partial charge on any atom is 0.186 e. The summed E-state index contributed by atoms with van der Waals surface area (Å²) in [5, 5.41) is 0. The quantitative estimate of drug-likeness (QED) is 0.145. The van der Waals surface area contributed by atoms with Crippen molar-refractivity contribution in [2.75, 3.05) is 0 Å². The molecule has 2 aromatic heterocycles. The largest absolute Gasteiger partial charge is 0.299 e. The number of carbonyl (C=O) groups is 10. The van der Waals surface area contributed by atoms with Crippen molar-refractivity contribution in [3.05, 3.63) is 94.6 Å². The molecule has 1 aromatic carbocycles. The first kappa shape index (κ1) is 91.7. The second-order valence-electron chi connectivity index (χ2n) is 24.4. The van der Waals surface area contributed by atoms with E-state index in [4.69, 9.17) is 0 Å². The number of nitrogens with zero attached hydrogens (tertiary/aromatic N) is 2. The maximum absolute atomic E-state index is 11.9. The third kappa shape index (κ3) is 36.3. The molecule has 0 amide bonds. The van der Waals surface area contributed by atoms with Gasteiger partial charge in [0.15, 0.2) is 34.7 Å². The monoisotopic (exact) mass is 1090 g/mol. The molecule has 1 atom stereocenters. The Morgan fingerprint density at radius 2 is 0.615 bits per heavy atom. The van der Waals surface area contributed by atoms with Gasteiger partial charge in [-0.1, -0.05) is 207 Å². The number of pyridine rings is 2. The van der Waals surface area contributed by atoms with Crippen LogP contribution in [0.25, 0.3) is 0 Å². The Hall–Kier alpha value is -5.78. The van der Waals surface area contributed by atoms with E-state index in [1.807, 2.05) is 138 Å². The second kappa shape index (κ2) is 37.9. The van der Waals surface area contributed by atoms with Gasteiger partial charge in [0, 0.05) is 80.0 Å². The number of ketones is 10. The Balaban J connectivity index is -0.000000105. The van der Waals surface area contributed by atoms with Gasteiger partial charge in [-0.2, -0.15) is 0 Å². The molecule has 0 spiro atoms. The molecule has 448 valence electrons. The molecule has 0 radical (unpaired) electrons. The number of aromatic nitrogens is 2. The summed E-state index contributed by atoms with van der Waals surface area (Å²) in [5.41, 5.74) is 1.25. The molecule has 78 heavy (non-hydrogen) atoms. The number of hydrogen-bond acceptors (Lipinski definition) is 12. The van der Waals surface area contributed by atoms with Crippen LogP contribution in [0.3, 0.4) is 0 Å². The summed E-state index contributed by atoms with van der Waals surface area (Å²) in [4.78, 5) is 120. The van der Waals surface area contributed by atoms with Gasteiger partial charge in [-0.3, -0.25) is 57.9 Å². The lowest BCUT2D eigenvalue weighted by atomic mass is 9.82. The molecule has 0 aliphatic rings. The van der Waals surface area contributed by atoms with Crippen molar-refractivity contribution in [2.24, 2.45) is 44.3 Å². The average Bonchev–Trinajstić information content (AvgIpc) is 3.24. The zero-order valence-electron chi connectivity index (χ0n) is 48.9. The van der Waals surface area contributed by atoms with Gasteiger partial charge in [-0.25, -0.2) is 0 Å². The fourth-order valence-electron chi connectivity index (χ4n) is 5.28. The molecule has 0 saturated carbocycles. The first-order valence-electron chi connectivity index (χ1n) is 24.3. The van der Waals surface area contributed by atoms with E-state index in [9.17, 15) is 47.9 Å². The highest BCUT2D eigenvalue weighted by molar-refractivity contribution is 6.04. The number of carbonyl (C=O) groups excluding carboxylic acids is 10. The summed E-state index contributed by atoms with van der Waals surface area (Å²) in [5.74, 6) is 0.261. The van der Waals surface area contributed by atoms with Crippen LogP contribution in [0, 0.1) is 44.3 Å². The van der Waals surface area contributed by atoms with Crippen LogP contribution in [0.2, 0.25) is 0 Å². The topological polar surface area (TPSA) is 196 Å². The Morgan fingerprint density at radius 1 is 0.333 bits per heavy atom. The molecule has 0 aliphatic heterocycles. The SMILES string of the molecule is C.C.C.C.C.C.CC(=O)C(C)(C)C.CC(=O)C(C)C(=O)C(C)(C)C.CC(=O)c1ccc(C(=O)C(C)(C)C)cc1.CC(=O)c1ccc(C(=O)C(C)(C)C)cn1.CC(=O)c1ccc(C(=O)C(C)(C)C)nc1.CC(C)C(=O)C(C)(C)C. The number of Topliss-reactive ketones (excluding diaryl/α,β-unsaturated/α-hetero) is 10. The molecule has 0 bridgehead atoms. The van der Waals surface area contributed by atoms with Crippen LogP contribution in [0.1, 0.15) is 287 Å². The summed E-state index contributed by atoms with van der Waals surface area (Å²) < 4.78 is 0. The molecule has 1 unspecified atom stereocenters. The molecular formula is C66H114N2O10. The van der Waals surface area contributed by atoms with E-state index in [1.54, 1.807) is 62.4 Å². The van der Waals surface area contributed by atoms with Crippen LogP contribution in [0.5, 0.6) is 0 Å². The Labute approximate surface area is 477 Å². The van der Waals surface area contributed by atoms with E-state index in [1.165, 1.54) is 40.1 Å². The molecule has 3 aromatic rings.